The molecule has 0 aliphatic heterocycles. The zero-order valence-electron chi connectivity index (χ0n) is 11.8. The second kappa shape index (κ2) is 6.90. The number of pyridine rings is 1. The Hall–Kier alpha value is -2.33. The van der Waals surface area contributed by atoms with Crippen LogP contribution in [0.15, 0.2) is 12.3 Å². The second-order valence-electron chi connectivity index (χ2n) is 4.95. The van der Waals surface area contributed by atoms with Crippen LogP contribution in [0, 0.1) is 22.0 Å². The minimum Gasteiger partial charge on any atom is -0.444 e. The molecule has 0 aliphatic rings. The third-order valence-corrected chi connectivity index (χ3v) is 2.26. The highest BCUT2D eigenvalue weighted by Gasteiger charge is 2.15. The molecule has 21 heavy (non-hydrogen) atoms. The van der Waals surface area contributed by atoms with Crippen molar-refractivity contribution < 1.29 is 14.5 Å². The fourth-order valence-corrected chi connectivity index (χ4v) is 1.38. The number of halogens is 1. The van der Waals surface area contributed by atoms with Gasteiger partial charge in [-0.1, -0.05) is 23.4 Å². The standard InChI is InChI=1S/C13H14ClN3O4/c1-13(2,3)21-12(18)15-6-4-5-9-7-10(17(19)20)11(14)16-8-9/h7-8H,6H2,1-3H3,(H,15,18). The van der Waals surface area contributed by atoms with Gasteiger partial charge < -0.3 is 10.1 Å². The Morgan fingerprint density at radius 2 is 2.24 bits per heavy atom. The molecule has 112 valence electrons. The van der Waals surface area contributed by atoms with Crippen LogP contribution in [-0.2, 0) is 4.74 Å². The van der Waals surface area contributed by atoms with E-state index in [-0.39, 0.29) is 17.4 Å². The van der Waals surface area contributed by atoms with Gasteiger partial charge in [-0.15, -0.1) is 0 Å². The molecule has 7 nitrogen and oxygen atoms in total. The van der Waals surface area contributed by atoms with Gasteiger partial charge in [-0.05, 0) is 20.8 Å². The molecule has 0 saturated heterocycles. The molecule has 1 rings (SSSR count). The van der Waals surface area contributed by atoms with E-state index in [2.05, 4.69) is 22.1 Å². The number of nitro groups is 1. The molecule has 1 heterocycles. The van der Waals surface area contributed by atoms with Gasteiger partial charge in [0.1, 0.15) is 5.60 Å². The molecule has 0 atom stereocenters. The quantitative estimate of drug-likeness (QED) is 0.392. The number of ether oxygens (including phenoxy) is 1. The van der Waals surface area contributed by atoms with E-state index in [0.29, 0.717) is 5.56 Å². The first-order chi connectivity index (χ1) is 9.69. The van der Waals surface area contributed by atoms with Crippen molar-refractivity contribution in [2.45, 2.75) is 26.4 Å². The number of alkyl carbamates (subject to hydrolysis) is 1. The van der Waals surface area contributed by atoms with Gasteiger partial charge in [0, 0.05) is 17.8 Å². The van der Waals surface area contributed by atoms with Crippen LogP contribution in [-0.4, -0.2) is 28.1 Å². The van der Waals surface area contributed by atoms with Gasteiger partial charge >= 0.3 is 11.8 Å². The summed E-state index contributed by atoms with van der Waals surface area (Å²) in [5.74, 6) is 5.28. The topological polar surface area (TPSA) is 94.4 Å². The Bertz CT molecular complexity index is 614. The first-order valence-electron chi connectivity index (χ1n) is 5.95. The first-order valence-corrected chi connectivity index (χ1v) is 6.32. The van der Waals surface area contributed by atoms with Crippen molar-refractivity contribution in [2.75, 3.05) is 6.54 Å². The van der Waals surface area contributed by atoms with Crippen molar-refractivity contribution in [1.29, 1.82) is 0 Å². The Morgan fingerprint density at radius 3 is 2.81 bits per heavy atom. The van der Waals surface area contributed by atoms with E-state index in [1.807, 2.05) is 0 Å². The van der Waals surface area contributed by atoms with E-state index in [0.717, 1.165) is 0 Å². The second-order valence-corrected chi connectivity index (χ2v) is 5.31. The maximum absolute atomic E-state index is 11.3. The lowest BCUT2D eigenvalue weighted by atomic mass is 10.2. The number of hydrogen-bond acceptors (Lipinski definition) is 5. The maximum Gasteiger partial charge on any atom is 0.408 e. The van der Waals surface area contributed by atoms with E-state index >= 15 is 0 Å². The van der Waals surface area contributed by atoms with E-state index in [4.69, 9.17) is 16.3 Å². The average Bonchev–Trinajstić information content (AvgIpc) is 2.34. The summed E-state index contributed by atoms with van der Waals surface area (Å²) in [6, 6.07) is 1.22. The summed E-state index contributed by atoms with van der Waals surface area (Å²) in [5, 5.41) is 12.9. The minimum atomic E-state index is -0.639. The molecule has 1 amide bonds. The lowest BCUT2D eigenvalue weighted by molar-refractivity contribution is -0.385. The smallest absolute Gasteiger partial charge is 0.408 e. The molecule has 0 aliphatic carbocycles. The highest BCUT2D eigenvalue weighted by atomic mass is 35.5. The van der Waals surface area contributed by atoms with E-state index in [1.54, 1.807) is 20.8 Å². The maximum atomic E-state index is 11.3. The number of amides is 1. The number of nitrogens with one attached hydrogen (secondary N) is 1. The van der Waals surface area contributed by atoms with E-state index in [1.165, 1.54) is 12.3 Å². The highest BCUT2D eigenvalue weighted by Crippen LogP contribution is 2.21. The predicted octanol–water partition coefficient (Wildman–Crippen LogP) is 2.52. The van der Waals surface area contributed by atoms with Crippen molar-refractivity contribution in [3.63, 3.8) is 0 Å². The van der Waals surface area contributed by atoms with Crippen LogP contribution in [0.1, 0.15) is 26.3 Å². The summed E-state index contributed by atoms with van der Waals surface area (Å²) in [7, 11) is 0. The monoisotopic (exact) mass is 311 g/mol. The van der Waals surface area contributed by atoms with Gasteiger partial charge in [-0.3, -0.25) is 10.1 Å². The summed E-state index contributed by atoms with van der Waals surface area (Å²) in [6.07, 6.45) is 0.729. The third-order valence-electron chi connectivity index (χ3n) is 1.97. The van der Waals surface area contributed by atoms with Gasteiger partial charge in [-0.2, -0.15) is 0 Å². The minimum absolute atomic E-state index is 0.0470. The van der Waals surface area contributed by atoms with E-state index < -0.39 is 16.6 Å². The zero-order chi connectivity index (χ0) is 16.0. The number of nitrogens with zero attached hydrogens (tertiary/aromatic N) is 2. The summed E-state index contributed by atoms with van der Waals surface area (Å²) in [4.78, 5) is 25.1. The van der Waals surface area contributed by atoms with E-state index in [9.17, 15) is 14.9 Å². The summed E-state index contributed by atoms with van der Waals surface area (Å²) >= 11 is 5.58. The Kier molecular flexibility index (Phi) is 5.50. The third kappa shape index (κ3) is 6.10. The number of hydrogen-bond donors (Lipinski definition) is 1. The van der Waals surface area contributed by atoms with Crippen LogP contribution in [0.2, 0.25) is 5.15 Å². The van der Waals surface area contributed by atoms with Gasteiger partial charge in [0.05, 0.1) is 11.5 Å². The lowest BCUT2D eigenvalue weighted by Gasteiger charge is -2.18. The molecule has 8 heteroatoms. The van der Waals surface area contributed by atoms with Crippen molar-refractivity contribution in [1.82, 2.24) is 10.3 Å². The molecule has 0 unspecified atom stereocenters. The van der Waals surface area contributed by atoms with Crippen LogP contribution in [0.5, 0.6) is 0 Å². The molecule has 1 aromatic heterocycles. The normalized spacial score (nSPS) is 10.3. The summed E-state index contributed by atoms with van der Waals surface area (Å²) in [5.41, 5.74) is -0.571. The first kappa shape index (κ1) is 16.7. The highest BCUT2D eigenvalue weighted by molar-refractivity contribution is 6.31. The Labute approximate surface area is 126 Å². The summed E-state index contributed by atoms with van der Waals surface area (Å²) in [6.45, 7) is 5.29. The van der Waals surface area contributed by atoms with Gasteiger partial charge in [0.15, 0.2) is 0 Å². The van der Waals surface area contributed by atoms with Crippen molar-refractivity contribution in [3.8, 4) is 11.8 Å². The zero-order valence-corrected chi connectivity index (χ0v) is 12.5. The van der Waals surface area contributed by atoms with Crippen LogP contribution < -0.4 is 5.32 Å². The Morgan fingerprint density at radius 1 is 1.57 bits per heavy atom. The molecule has 0 radical (unpaired) electrons. The molecule has 0 spiro atoms. The predicted molar refractivity (Wildman–Crippen MR) is 77.0 cm³/mol. The average molecular weight is 312 g/mol. The van der Waals surface area contributed by atoms with Crippen molar-refractivity contribution >= 4 is 23.4 Å². The lowest BCUT2D eigenvalue weighted by Crippen LogP contribution is -2.32. The number of rotatable bonds is 2. The molecular formula is C13H14ClN3O4. The fourth-order valence-electron chi connectivity index (χ4n) is 1.21. The van der Waals surface area contributed by atoms with Crippen LogP contribution in [0.25, 0.3) is 0 Å². The molecule has 1 aromatic rings. The fraction of sp³-hybridized carbons (Fsp3) is 0.385. The largest absolute Gasteiger partial charge is 0.444 e. The molecular weight excluding hydrogens is 298 g/mol. The Balaban J connectivity index is 2.62. The molecule has 1 N–H and O–H groups in total. The molecule has 0 bridgehead atoms. The molecule has 0 aromatic carbocycles. The summed E-state index contributed by atoms with van der Waals surface area (Å²) < 4.78 is 5.02. The molecule has 0 fully saturated rings. The SMILES string of the molecule is CC(C)(C)OC(=O)NCC#Cc1cnc(Cl)c([N+](=O)[O-])c1. The number of carbonyl (C=O) groups is 1. The number of carbonyl (C=O) groups excluding carboxylic acids is 1. The van der Waals surface area contributed by atoms with Crippen LogP contribution in [0.4, 0.5) is 10.5 Å². The van der Waals surface area contributed by atoms with Crippen LogP contribution >= 0.6 is 11.6 Å². The van der Waals surface area contributed by atoms with Gasteiger partial charge in [-0.25, -0.2) is 9.78 Å². The van der Waals surface area contributed by atoms with Crippen LogP contribution in [0.3, 0.4) is 0 Å². The van der Waals surface area contributed by atoms with Crippen molar-refractivity contribution in [3.05, 3.63) is 33.1 Å². The molecule has 0 saturated carbocycles. The number of aromatic nitrogens is 1. The van der Waals surface area contributed by atoms with Gasteiger partial charge in [0.25, 0.3) is 0 Å². The van der Waals surface area contributed by atoms with Crippen molar-refractivity contribution in [2.24, 2.45) is 0 Å². The van der Waals surface area contributed by atoms with Gasteiger partial charge in [0.2, 0.25) is 5.15 Å².